The predicted octanol–water partition coefficient (Wildman–Crippen LogP) is -0.339. The minimum atomic E-state index is -1.14. The van der Waals surface area contributed by atoms with Crippen LogP contribution in [0.3, 0.4) is 0 Å². The van der Waals surface area contributed by atoms with Crippen molar-refractivity contribution in [1.82, 2.24) is 5.32 Å². The van der Waals surface area contributed by atoms with Crippen LogP contribution < -0.4 is 11.1 Å². The molecule has 0 aromatic carbocycles. The number of amides is 1. The number of alkyl halides is 1. The van der Waals surface area contributed by atoms with Crippen LogP contribution in [-0.2, 0) is 14.3 Å². The molecule has 1 saturated heterocycles. The second-order valence-corrected chi connectivity index (χ2v) is 7.62. The molecule has 0 aliphatic carbocycles. The van der Waals surface area contributed by atoms with Gasteiger partial charge in [0.15, 0.2) is 6.29 Å². The average Bonchev–Trinajstić information content (AvgIpc) is 2.61. The number of nitrogens with one attached hydrogen (secondary N) is 1. The molecule has 0 bridgehead atoms. The lowest BCUT2D eigenvalue weighted by Crippen LogP contribution is -2.57. The van der Waals surface area contributed by atoms with Crippen LogP contribution in [0.2, 0.25) is 0 Å². The molecule has 0 saturated carbocycles. The lowest BCUT2D eigenvalue weighted by atomic mass is 10.0. The second kappa shape index (κ2) is 13.2. The Balaban J connectivity index is 2.12. The van der Waals surface area contributed by atoms with E-state index in [0.29, 0.717) is 32.5 Å². The largest absolute Gasteiger partial charge is 0.394 e. The lowest BCUT2D eigenvalue weighted by Gasteiger charge is -2.39. The van der Waals surface area contributed by atoms with E-state index in [1.807, 2.05) is 22.6 Å². The molecule has 25 heavy (non-hydrogen) atoms. The summed E-state index contributed by atoms with van der Waals surface area (Å²) in [4.78, 5) is 11.7. The highest BCUT2D eigenvalue weighted by atomic mass is 127. The molecule has 1 amide bonds. The zero-order valence-corrected chi connectivity index (χ0v) is 16.6. The number of carbonyl (C=O) groups excluding carboxylic acids is 1. The molecule has 1 heterocycles. The summed E-state index contributed by atoms with van der Waals surface area (Å²) in [5.41, 5.74) is 5.42. The highest BCUT2D eigenvalue weighted by Crippen LogP contribution is 2.27. The van der Waals surface area contributed by atoms with E-state index >= 15 is 0 Å². The third-order valence-corrected chi connectivity index (χ3v) is 5.41. The first-order valence-electron chi connectivity index (χ1n) is 8.86. The summed E-state index contributed by atoms with van der Waals surface area (Å²) in [6.45, 7) is 1.29. The molecule has 1 fully saturated rings. The van der Waals surface area contributed by atoms with Gasteiger partial charge < -0.3 is 35.8 Å². The van der Waals surface area contributed by atoms with E-state index in [1.165, 1.54) is 0 Å². The summed E-state index contributed by atoms with van der Waals surface area (Å²) in [6, 6.07) is 0. The zero-order valence-electron chi connectivity index (χ0n) is 14.5. The number of aliphatic hydroxyl groups is 3. The minimum absolute atomic E-state index is 0.0123. The summed E-state index contributed by atoms with van der Waals surface area (Å²) in [5, 5.41) is 31.7. The van der Waals surface area contributed by atoms with Crippen LogP contribution in [0.5, 0.6) is 0 Å². The van der Waals surface area contributed by atoms with Gasteiger partial charge in [-0.05, 0) is 25.8 Å². The first kappa shape index (κ1) is 23.0. The number of ether oxygens (including phenoxy) is 2. The van der Waals surface area contributed by atoms with Gasteiger partial charge >= 0.3 is 0 Å². The Morgan fingerprint density at radius 3 is 2.56 bits per heavy atom. The molecule has 0 radical (unpaired) electrons. The molecule has 1 rings (SSSR count). The Labute approximate surface area is 162 Å². The number of hydrogen-bond acceptors (Lipinski definition) is 7. The van der Waals surface area contributed by atoms with Gasteiger partial charge in [0.2, 0.25) is 5.91 Å². The van der Waals surface area contributed by atoms with Gasteiger partial charge in [-0.25, -0.2) is 0 Å². The Morgan fingerprint density at radius 1 is 1.16 bits per heavy atom. The molecular formula is C16H31IN2O6. The third-order valence-electron chi connectivity index (χ3n) is 4.09. The van der Waals surface area contributed by atoms with Crippen molar-refractivity contribution in [3.63, 3.8) is 0 Å². The Bertz CT molecular complexity index is 375. The van der Waals surface area contributed by atoms with Crippen molar-refractivity contribution >= 4 is 28.5 Å². The summed E-state index contributed by atoms with van der Waals surface area (Å²) < 4.78 is 10.6. The Morgan fingerprint density at radius 2 is 1.88 bits per heavy atom. The molecule has 0 aromatic rings. The number of aliphatic hydroxyl groups excluding tert-OH is 3. The summed E-state index contributed by atoms with van der Waals surface area (Å²) in [6.07, 6.45) is 1.27. The Kier molecular flexibility index (Phi) is 12.1. The van der Waals surface area contributed by atoms with Crippen LogP contribution >= 0.6 is 22.6 Å². The van der Waals surface area contributed by atoms with Crippen LogP contribution in [0.25, 0.3) is 0 Å². The fourth-order valence-corrected chi connectivity index (χ4v) is 3.35. The molecule has 0 aromatic heterocycles. The van der Waals surface area contributed by atoms with Gasteiger partial charge in [-0.3, -0.25) is 4.79 Å². The topological polar surface area (TPSA) is 134 Å². The van der Waals surface area contributed by atoms with E-state index in [1.54, 1.807) is 0 Å². The van der Waals surface area contributed by atoms with Crippen LogP contribution in [0.4, 0.5) is 0 Å². The SMILES string of the molecule is NCCCCCCNC(=O)CCCOC1OC(CO)C(O)C(O)C1I. The quantitative estimate of drug-likeness (QED) is 0.149. The standard InChI is InChI=1S/C16H31IN2O6/c17-13-15(23)14(22)11(10-20)25-16(13)24-9-5-6-12(21)19-8-4-2-1-3-7-18/h11,13-16,20,22-23H,1-10,18H2,(H,19,21). The van der Waals surface area contributed by atoms with Crippen molar-refractivity contribution in [3.8, 4) is 0 Å². The van der Waals surface area contributed by atoms with Crippen molar-refractivity contribution in [1.29, 1.82) is 0 Å². The van der Waals surface area contributed by atoms with Gasteiger partial charge in [0.25, 0.3) is 0 Å². The van der Waals surface area contributed by atoms with E-state index < -0.39 is 35.1 Å². The fraction of sp³-hybridized carbons (Fsp3) is 0.938. The third kappa shape index (κ3) is 8.46. The summed E-state index contributed by atoms with van der Waals surface area (Å²) in [7, 11) is 0. The lowest BCUT2D eigenvalue weighted by molar-refractivity contribution is -0.249. The molecule has 1 aliphatic heterocycles. The fourth-order valence-electron chi connectivity index (χ4n) is 2.55. The minimum Gasteiger partial charge on any atom is -0.394 e. The highest BCUT2D eigenvalue weighted by Gasteiger charge is 2.43. The molecule has 0 spiro atoms. The van der Waals surface area contributed by atoms with E-state index in [4.69, 9.17) is 20.3 Å². The van der Waals surface area contributed by atoms with Crippen LogP contribution in [0.1, 0.15) is 38.5 Å². The molecule has 5 atom stereocenters. The number of hydrogen-bond donors (Lipinski definition) is 5. The predicted molar refractivity (Wildman–Crippen MR) is 101 cm³/mol. The molecule has 8 nitrogen and oxygen atoms in total. The first-order valence-corrected chi connectivity index (χ1v) is 10.1. The van der Waals surface area contributed by atoms with Crippen LogP contribution in [0, 0.1) is 0 Å². The normalized spacial score (nSPS) is 29.6. The Hall–Kier alpha value is -0.0400. The van der Waals surface area contributed by atoms with Gasteiger partial charge in [-0.2, -0.15) is 0 Å². The number of unbranched alkanes of at least 4 members (excludes halogenated alkanes) is 3. The van der Waals surface area contributed by atoms with Crippen molar-refractivity contribution in [2.75, 3.05) is 26.3 Å². The second-order valence-electron chi connectivity index (χ2n) is 6.18. The van der Waals surface area contributed by atoms with E-state index in [0.717, 1.165) is 25.7 Å². The van der Waals surface area contributed by atoms with Gasteiger partial charge in [0.05, 0.1) is 23.2 Å². The van der Waals surface area contributed by atoms with Gasteiger partial charge in [0.1, 0.15) is 12.2 Å². The van der Waals surface area contributed by atoms with Crippen molar-refractivity contribution in [2.24, 2.45) is 5.73 Å². The molecule has 148 valence electrons. The maximum atomic E-state index is 11.7. The van der Waals surface area contributed by atoms with Crippen molar-refractivity contribution in [3.05, 3.63) is 0 Å². The molecule has 1 aliphatic rings. The van der Waals surface area contributed by atoms with Crippen molar-refractivity contribution < 1.29 is 29.6 Å². The molecule has 5 unspecified atom stereocenters. The highest BCUT2D eigenvalue weighted by molar-refractivity contribution is 14.1. The molecular weight excluding hydrogens is 443 g/mol. The average molecular weight is 474 g/mol. The smallest absolute Gasteiger partial charge is 0.220 e. The van der Waals surface area contributed by atoms with Gasteiger partial charge in [0, 0.05) is 13.0 Å². The maximum absolute atomic E-state index is 11.7. The number of halogens is 1. The van der Waals surface area contributed by atoms with Gasteiger partial charge in [-0.1, -0.05) is 35.4 Å². The van der Waals surface area contributed by atoms with E-state index in [-0.39, 0.29) is 5.91 Å². The summed E-state index contributed by atoms with van der Waals surface area (Å²) >= 11 is 1.95. The van der Waals surface area contributed by atoms with E-state index in [2.05, 4.69) is 5.32 Å². The van der Waals surface area contributed by atoms with Gasteiger partial charge in [-0.15, -0.1) is 0 Å². The summed E-state index contributed by atoms with van der Waals surface area (Å²) in [5.74, 6) is -0.0123. The first-order chi connectivity index (χ1) is 12.0. The van der Waals surface area contributed by atoms with Crippen LogP contribution in [0.15, 0.2) is 0 Å². The molecule has 9 heteroatoms. The maximum Gasteiger partial charge on any atom is 0.220 e. The number of rotatable bonds is 12. The van der Waals surface area contributed by atoms with Crippen LogP contribution in [-0.4, -0.2) is 76.1 Å². The zero-order chi connectivity index (χ0) is 18.7. The monoisotopic (exact) mass is 474 g/mol. The number of nitrogens with two attached hydrogens (primary N) is 1. The number of carbonyl (C=O) groups is 1. The molecule has 6 N–H and O–H groups in total. The van der Waals surface area contributed by atoms with Crippen molar-refractivity contribution in [2.45, 2.75) is 67.1 Å². The van der Waals surface area contributed by atoms with E-state index in [9.17, 15) is 15.0 Å².